The summed E-state index contributed by atoms with van der Waals surface area (Å²) in [5.74, 6) is -8.29. The fraction of sp³-hybridized carbons (Fsp3) is 0.470. The maximum atomic E-state index is 14.6. The van der Waals surface area contributed by atoms with Crippen LogP contribution in [0.15, 0.2) is 72.8 Å². The van der Waals surface area contributed by atoms with Crippen LogP contribution in [0.2, 0.25) is 0 Å². The van der Waals surface area contributed by atoms with Gasteiger partial charge < -0.3 is 78.4 Å². The SMILES string of the molecule is O=[C-]CCCC(=O)NCCCCC1CN2CCNC(=O)c3cccc(c3O)C(=O)NCCN(CCNC(=O)c3cccc(c3O)C(=O)N1)CCN1CCNC(=O)c3cccc(c3O)C(=O)NCCN(CC2)CC(CCCCNC(=S)NF)NC(=O)c2cccc(c2O)C(=O)NCC1.[Cm]. The fourth-order valence-electron chi connectivity index (χ4n) is 11.5. The Bertz CT molecular complexity index is 3450. The number of benzene rings is 4. The Labute approximate surface area is 566 Å². The first-order valence-corrected chi connectivity index (χ1v) is 33.0. The van der Waals surface area contributed by atoms with Crippen molar-refractivity contribution in [2.45, 2.75) is 69.9 Å². The van der Waals surface area contributed by atoms with Crippen LogP contribution in [-0.2, 0) is 9.59 Å². The summed E-state index contributed by atoms with van der Waals surface area (Å²) in [6, 6.07) is 15.3. The maximum absolute atomic E-state index is 14.6. The van der Waals surface area contributed by atoms with Gasteiger partial charge in [-0.3, -0.25) is 69.0 Å². The zero-order valence-corrected chi connectivity index (χ0v) is 58.1. The predicted molar refractivity (Wildman–Crippen MR) is 360 cm³/mol. The quantitative estimate of drug-likeness (QED) is 0.0354. The molecule has 4 aliphatic rings. The predicted octanol–water partition coefficient (Wildman–Crippen LogP) is 0.519. The van der Waals surface area contributed by atoms with Crippen LogP contribution in [0.5, 0.6) is 23.0 Å². The number of para-hydroxylation sites is 4. The van der Waals surface area contributed by atoms with Crippen LogP contribution < -0.4 is 58.7 Å². The smallest absolute Gasteiger partial charge is 0.255 e. The number of carbonyl (C=O) groups is 9. The molecule has 4 aromatic rings. The zero-order valence-electron chi connectivity index (χ0n) is 54.4. The molecule has 15 N–H and O–H groups in total. The van der Waals surface area contributed by atoms with E-state index in [1.54, 1.807) is 6.29 Å². The monoisotopic (exact) mass is 1610 g/mol. The molecule has 12 bridgehead atoms. The number of aromatic hydroxyl groups is 4. The molecule has 0 aromatic heterocycles. The van der Waals surface area contributed by atoms with Crippen molar-refractivity contribution in [3.63, 3.8) is 0 Å². The number of amides is 9. The Kier molecular flexibility index (Phi) is 30.8. The van der Waals surface area contributed by atoms with E-state index in [0.717, 1.165) is 0 Å². The van der Waals surface area contributed by atoms with Crippen LogP contribution in [-0.4, -0.2) is 248 Å². The molecule has 0 spiro atoms. The zero-order chi connectivity index (χ0) is 69.6. The number of hydrogen-bond acceptors (Lipinski definition) is 19. The van der Waals surface area contributed by atoms with E-state index in [1.165, 1.54) is 78.3 Å². The van der Waals surface area contributed by atoms with E-state index in [9.17, 15) is 72.9 Å². The molecular formula is C66H87CmFN15O14S-. The molecule has 0 radical (unpaired) electrons. The molecule has 98 heavy (non-hydrogen) atoms. The molecule has 32 heteroatoms. The van der Waals surface area contributed by atoms with E-state index in [-0.39, 0.29) is 212 Å². The first kappa shape index (κ1) is 76.5. The summed E-state index contributed by atoms with van der Waals surface area (Å²) in [6.07, 6.45) is 4.61. The summed E-state index contributed by atoms with van der Waals surface area (Å²) in [7, 11) is 0. The van der Waals surface area contributed by atoms with Gasteiger partial charge in [0.2, 0.25) is 5.91 Å². The third-order valence-corrected chi connectivity index (χ3v) is 17.0. The number of nitrogens with one attached hydrogen (secondary N) is 11. The van der Waals surface area contributed by atoms with E-state index < -0.39 is 82.3 Å². The third kappa shape index (κ3) is 23.1. The molecule has 9 amide bonds. The molecule has 4 heterocycles. The second kappa shape index (κ2) is 39.5. The molecule has 4 aliphatic heterocycles. The Morgan fingerprint density at radius 2 is 0.724 bits per heavy atom. The van der Waals surface area contributed by atoms with Crippen LogP contribution >= 0.6 is 12.2 Å². The van der Waals surface area contributed by atoms with Gasteiger partial charge in [-0.25, -0.2) is 0 Å². The van der Waals surface area contributed by atoms with Gasteiger partial charge in [-0.15, -0.1) is 4.48 Å². The number of rotatable bonds is 14. The van der Waals surface area contributed by atoms with E-state index in [0.29, 0.717) is 32.1 Å². The second-order valence-corrected chi connectivity index (χ2v) is 24.1. The van der Waals surface area contributed by atoms with Gasteiger partial charge in [0.15, 0.2) is 5.11 Å². The van der Waals surface area contributed by atoms with Crippen molar-refractivity contribution < 1.29 is 72.9 Å². The van der Waals surface area contributed by atoms with Gasteiger partial charge in [0.1, 0.15) is 23.0 Å². The first-order chi connectivity index (χ1) is 46.8. The second-order valence-electron chi connectivity index (χ2n) is 23.7. The van der Waals surface area contributed by atoms with Gasteiger partial charge in [-0.05, 0) is 99.3 Å². The van der Waals surface area contributed by atoms with Crippen molar-refractivity contribution in [1.29, 1.82) is 0 Å². The van der Waals surface area contributed by atoms with Gasteiger partial charge >= 0.3 is 0 Å². The van der Waals surface area contributed by atoms with Crippen molar-refractivity contribution >= 4 is 76.8 Å². The van der Waals surface area contributed by atoms with Crippen molar-refractivity contribution in [3.8, 4) is 23.0 Å². The van der Waals surface area contributed by atoms with Gasteiger partial charge in [-0.1, -0.05) is 30.7 Å². The first-order valence-electron chi connectivity index (χ1n) is 32.6. The molecule has 0 saturated carbocycles. The third-order valence-electron chi connectivity index (χ3n) is 16.8. The molecule has 0 fully saturated rings. The maximum Gasteiger partial charge on any atom is 0.255 e. The summed E-state index contributed by atoms with van der Waals surface area (Å²) in [5, 5.41) is 75.1. The van der Waals surface area contributed by atoms with Crippen molar-refractivity contribution in [3.05, 3.63) is 117 Å². The van der Waals surface area contributed by atoms with Crippen LogP contribution in [0.25, 0.3) is 0 Å². The minimum atomic E-state index is -0.754. The minimum absolute atomic E-state index is 0. The van der Waals surface area contributed by atoms with Gasteiger partial charge in [-0.2, -0.15) is 12.0 Å². The number of fused-ring (bicyclic) bond motifs is 16. The normalized spacial score (nSPS) is 20.8. The molecule has 532 valence electrons. The topological polar surface area (TPSA) is 397 Å². The molecule has 6 atom stereocenters. The Balaban J connectivity index is 0.0000152. The number of thiocarbonyl (C=S) groups is 1. The molecule has 6 unspecified atom stereocenters. The average molecular weight is 1610 g/mol. The van der Waals surface area contributed by atoms with Crippen molar-refractivity contribution in [2.75, 3.05) is 131 Å². The summed E-state index contributed by atoms with van der Waals surface area (Å²) < 4.78 is 13.1. The van der Waals surface area contributed by atoms with Crippen LogP contribution in [0.1, 0.15) is 141 Å². The number of carbonyl (C=O) groups excluding carboxylic acids is 10. The largest absolute Gasteiger partial charge is 0.542 e. The minimum Gasteiger partial charge on any atom is -0.542 e. The Morgan fingerprint density at radius 1 is 0.439 bits per heavy atom. The van der Waals surface area contributed by atoms with Crippen LogP contribution in [0.4, 0.5) is 4.48 Å². The summed E-state index contributed by atoms with van der Waals surface area (Å²) in [6.45, 7) is 1.63. The summed E-state index contributed by atoms with van der Waals surface area (Å²) >= 11 is 4.93. The van der Waals surface area contributed by atoms with E-state index >= 15 is 0 Å². The summed E-state index contributed by atoms with van der Waals surface area (Å²) in [4.78, 5) is 144. The molecule has 0 aliphatic carbocycles. The number of phenolic OH excluding ortho intramolecular Hbond substituents is 4. The molecule has 29 nitrogen and oxygen atoms in total. The molecule has 8 rings (SSSR count). The van der Waals surface area contributed by atoms with Crippen molar-refractivity contribution in [2.24, 2.45) is 0 Å². The number of unbranched alkanes of at least 4 members (excludes halogenated alkanes) is 3. The van der Waals surface area contributed by atoms with Gasteiger partial charge in [0.25, 0.3) is 47.3 Å². The number of phenols is 4. The molecule has 4 aromatic carbocycles. The van der Waals surface area contributed by atoms with E-state index in [1.807, 2.05) is 19.6 Å². The van der Waals surface area contributed by atoms with E-state index in [2.05, 4.69) is 53.2 Å². The average Bonchev–Trinajstić information content (AvgIpc) is 0.855. The van der Waals surface area contributed by atoms with Crippen molar-refractivity contribution in [1.82, 2.24) is 78.3 Å². The molecular weight excluding hydrogens is 1520 g/mol. The Hall–Kier alpha value is -10.6. The standard InChI is InChI=1S/C66H87FN15O14S.Cm/c67-78-66(97)75-23-5-2-12-44-42-82-35-29-74-61(92)48-16-8-14-46(55(48)86)59(90)70-25-31-80(33-27-72-63(94)50-18-10-20-52(57(50)88)65(96)77-44)37-36-79-30-24-69-58(89)45-13-7-15-47(54(45)85)60(91)73-28-34-81(38-39-82)41-43(11-1-4-22-68-53(84)21-3-6-40-83)76-64(95)51-19-9-17-49(56(51)87)62(93)71-26-32-79;/h7-10,13-20,43-44,85-88H,1-6,11-12,21-39,41-42H2,(H,68,84)(H,69,89)(H,70,90)(H,71,93)(H,72,94)(H,73,91)(H,74,92)(H,76,95)(H,77,96)(H2,75,78,97);/q-1;. The summed E-state index contributed by atoms with van der Waals surface area (Å²) in [5.41, 5.74) is -0.206. The van der Waals surface area contributed by atoms with Crippen LogP contribution in [0, 0.1) is 0 Å². The Morgan fingerprint density at radius 3 is 1.03 bits per heavy atom. The van der Waals surface area contributed by atoms with E-state index in [4.69, 9.17) is 12.2 Å². The van der Waals surface area contributed by atoms with Gasteiger partial charge in [0.05, 0.1) is 44.5 Å². The van der Waals surface area contributed by atoms with Gasteiger partial charge in [0, 0.05) is 149 Å². The molecule has 0 saturated heterocycles. The number of nitrogens with zero attached hydrogens (tertiary/aromatic N) is 4. The number of halogens is 1. The number of hydrogen-bond donors (Lipinski definition) is 15. The fourth-order valence-corrected chi connectivity index (χ4v) is 11.6. The van der Waals surface area contributed by atoms with Crippen LogP contribution in [0.3, 0.4) is 0 Å².